The molecule has 0 saturated heterocycles. The first-order chi connectivity index (χ1) is 8.97. The zero-order valence-electron chi connectivity index (χ0n) is 9.24. The molecule has 0 fully saturated rings. The molecule has 5 nitrogen and oxygen atoms in total. The second-order valence-corrected chi connectivity index (χ2v) is 8.36. The lowest BCUT2D eigenvalue weighted by Crippen LogP contribution is -2.34. The minimum absolute atomic E-state index is 0.0734. The van der Waals surface area contributed by atoms with E-state index in [1.54, 1.807) is 12.1 Å². The Balaban J connectivity index is 2.98. The molecule has 0 spiro atoms. The first kappa shape index (κ1) is 18.7. The topological polar surface area (TPSA) is 80.7 Å². The molecule has 0 radical (unpaired) electrons. The highest BCUT2D eigenvalue weighted by Gasteiger charge is 2.45. The Morgan fingerprint density at radius 1 is 1.25 bits per heavy atom. The maximum Gasteiger partial charge on any atom is 0.402 e. The molecular weight excluding hydrogens is 639 g/mol. The Hall–Kier alpha value is 0.650. The predicted octanol–water partition coefficient (Wildman–Crippen LogP) is 3.14. The van der Waals surface area contributed by atoms with Gasteiger partial charge in [0.05, 0.1) is 5.56 Å². The molecule has 0 atom stereocenters. The fourth-order valence-corrected chi connectivity index (χ4v) is 3.54. The van der Waals surface area contributed by atoms with E-state index in [1.807, 2.05) is 67.8 Å². The molecule has 1 aromatic rings. The number of benzene rings is 1. The highest BCUT2D eigenvalue weighted by atomic mass is 127. The lowest BCUT2D eigenvalue weighted by molar-refractivity contribution is -0.00965. The van der Waals surface area contributed by atoms with E-state index in [0.29, 0.717) is 7.14 Å². The summed E-state index contributed by atoms with van der Waals surface area (Å²) < 4.78 is 61.0. The molecule has 0 aliphatic heterocycles. The Morgan fingerprint density at radius 2 is 1.75 bits per heavy atom. The summed E-state index contributed by atoms with van der Waals surface area (Å²) in [5.41, 5.74) is 0.0734. The summed E-state index contributed by atoms with van der Waals surface area (Å²) in [6.45, 7) is -1.75. The van der Waals surface area contributed by atoms with Crippen LogP contribution < -0.4 is 0 Å². The molecule has 0 unspecified atom stereocenters. The summed E-state index contributed by atoms with van der Waals surface area (Å²) in [5, 5.41) is -4.54. The number of ether oxygens (including phenoxy) is 1. The van der Waals surface area contributed by atoms with Gasteiger partial charge in [0, 0.05) is 10.7 Å². The van der Waals surface area contributed by atoms with Gasteiger partial charge in [0.2, 0.25) is 0 Å². The van der Waals surface area contributed by atoms with E-state index in [0.717, 1.165) is 3.57 Å². The molecule has 1 aromatic carbocycles. The van der Waals surface area contributed by atoms with Crippen molar-refractivity contribution in [3.05, 3.63) is 28.4 Å². The van der Waals surface area contributed by atoms with Gasteiger partial charge in [-0.05, 0) is 79.9 Å². The molecule has 0 amide bonds. The molecule has 0 heterocycles. The van der Waals surface area contributed by atoms with Crippen LogP contribution >= 0.6 is 67.8 Å². The van der Waals surface area contributed by atoms with Crippen molar-refractivity contribution < 1.29 is 31.3 Å². The van der Waals surface area contributed by atoms with Crippen molar-refractivity contribution in [3.8, 4) is 0 Å². The van der Waals surface area contributed by atoms with Crippen molar-refractivity contribution >= 4 is 83.9 Å². The Bertz CT molecular complexity index is 647. The van der Waals surface area contributed by atoms with Gasteiger partial charge in [-0.25, -0.2) is 4.79 Å². The van der Waals surface area contributed by atoms with Crippen LogP contribution in [0.2, 0.25) is 0 Å². The number of rotatable bonds is 4. The molecule has 112 valence electrons. The second-order valence-electron chi connectivity index (χ2n) is 3.41. The van der Waals surface area contributed by atoms with Crippen molar-refractivity contribution in [2.24, 2.45) is 0 Å². The molecule has 0 aliphatic carbocycles. The predicted molar refractivity (Wildman–Crippen MR) is 91.4 cm³/mol. The number of hydrogen-bond acceptors (Lipinski definition) is 4. The van der Waals surface area contributed by atoms with Crippen molar-refractivity contribution in [1.82, 2.24) is 0 Å². The average Bonchev–Trinajstić information content (AvgIpc) is 2.30. The quantitative estimate of drug-likeness (QED) is 0.236. The van der Waals surface area contributed by atoms with E-state index in [4.69, 9.17) is 4.55 Å². The van der Waals surface area contributed by atoms with E-state index in [1.165, 1.54) is 0 Å². The van der Waals surface area contributed by atoms with E-state index >= 15 is 0 Å². The van der Waals surface area contributed by atoms with Crippen LogP contribution in [0.4, 0.5) is 8.78 Å². The third-order valence-electron chi connectivity index (χ3n) is 2.00. The highest BCUT2D eigenvalue weighted by Crippen LogP contribution is 2.26. The van der Waals surface area contributed by atoms with Crippen molar-refractivity contribution in [2.45, 2.75) is 5.25 Å². The third kappa shape index (κ3) is 4.33. The average molecular weight is 644 g/mol. The van der Waals surface area contributed by atoms with Crippen LogP contribution in [0, 0.1) is 10.7 Å². The van der Waals surface area contributed by atoms with Gasteiger partial charge in [-0.1, -0.05) is 0 Å². The van der Waals surface area contributed by atoms with Gasteiger partial charge in [0.15, 0.2) is 6.61 Å². The van der Waals surface area contributed by atoms with Gasteiger partial charge < -0.3 is 4.74 Å². The van der Waals surface area contributed by atoms with E-state index in [2.05, 4.69) is 4.74 Å². The zero-order chi connectivity index (χ0) is 15.7. The molecule has 1 rings (SSSR count). The first-order valence-electron chi connectivity index (χ1n) is 4.63. The molecule has 0 aromatic heterocycles. The molecule has 0 saturated carbocycles. The Morgan fingerprint density at radius 3 is 2.25 bits per heavy atom. The van der Waals surface area contributed by atoms with Crippen LogP contribution in [0.25, 0.3) is 0 Å². The largest absolute Gasteiger partial charge is 0.454 e. The molecular formula is C9H5F2I3O5S. The SMILES string of the molecule is O=C(OCC(F)(F)S(=O)(=O)O)c1c(I)ccc(I)c1I. The zero-order valence-corrected chi connectivity index (χ0v) is 16.5. The molecule has 11 heteroatoms. The second kappa shape index (κ2) is 6.82. The van der Waals surface area contributed by atoms with Crippen molar-refractivity contribution in [3.63, 3.8) is 0 Å². The van der Waals surface area contributed by atoms with Gasteiger partial charge in [-0.15, -0.1) is 0 Å². The van der Waals surface area contributed by atoms with Gasteiger partial charge >= 0.3 is 21.3 Å². The summed E-state index contributed by atoms with van der Waals surface area (Å²) in [6.07, 6.45) is 0. The number of halogens is 5. The standard InChI is InChI=1S/C9H5F2I3O5S/c10-9(11,20(16,17)18)3-19-8(15)6-4(12)1-2-5(13)7(6)14/h1-2H,3H2,(H,16,17,18). The van der Waals surface area contributed by atoms with Gasteiger partial charge in [-0.3, -0.25) is 4.55 Å². The van der Waals surface area contributed by atoms with Crippen LogP contribution in [0.1, 0.15) is 10.4 Å². The van der Waals surface area contributed by atoms with Gasteiger partial charge in [-0.2, -0.15) is 17.2 Å². The monoisotopic (exact) mass is 644 g/mol. The smallest absolute Gasteiger partial charge is 0.402 e. The minimum Gasteiger partial charge on any atom is -0.454 e. The maximum atomic E-state index is 13.0. The summed E-state index contributed by atoms with van der Waals surface area (Å²) in [5.74, 6) is -1.08. The Labute approximate surface area is 154 Å². The van der Waals surface area contributed by atoms with Crippen molar-refractivity contribution in [2.75, 3.05) is 6.61 Å². The molecule has 1 N–H and O–H groups in total. The van der Waals surface area contributed by atoms with Crippen LogP contribution in [0.3, 0.4) is 0 Å². The Kier molecular flexibility index (Phi) is 6.38. The summed E-state index contributed by atoms with van der Waals surface area (Å²) in [6, 6.07) is 3.33. The fourth-order valence-electron chi connectivity index (χ4n) is 1.01. The minimum atomic E-state index is -5.62. The number of esters is 1. The lowest BCUT2D eigenvalue weighted by Gasteiger charge is -2.14. The van der Waals surface area contributed by atoms with Crippen LogP contribution in [0.15, 0.2) is 12.1 Å². The summed E-state index contributed by atoms with van der Waals surface area (Å²) in [7, 11) is -5.62. The van der Waals surface area contributed by atoms with E-state index in [9.17, 15) is 22.0 Å². The fraction of sp³-hybridized carbons (Fsp3) is 0.222. The van der Waals surface area contributed by atoms with Crippen LogP contribution in [-0.4, -0.2) is 30.8 Å². The maximum absolute atomic E-state index is 13.0. The number of carbonyl (C=O) groups excluding carboxylic acids is 1. The third-order valence-corrected chi connectivity index (χ3v) is 6.82. The molecule has 0 aliphatic rings. The molecule has 20 heavy (non-hydrogen) atoms. The first-order valence-corrected chi connectivity index (χ1v) is 9.30. The van der Waals surface area contributed by atoms with E-state index in [-0.39, 0.29) is 5.56 Å². The van der Waals surface area contributed by atoms with Gasteiger partial charge in [0.1, 0.15) is 0 Å². The number of carbonyl (C=O) groups is 1. The molecule has 0 bridgehead atoms. The normalized spacial score (nSPS) is 12.3. The van der Waals surface area contributed by atoms with Crippen LogP contribution in [-0.2, 0) is 14.9 Å². The number of alkyl halides is 2. The van der Waals surface area contributed by atoms with Crippen molar-refractivity contribution in [1.29, 1.82) is 0 Å². The summed E-state index contributed by atoms with van der Waals surface area (Å²) in [4.78, 5) is 11.8. The lowest BCUT2D eigenvalue weighted by atomic mass is 10.2. The van der Waals surface area contributed by atoms with Crippen LogP contribution in [0.5, 0.6) is 0 Å². The van der Waals surface area contributed by atoms with E-state index < -0.39 is 27.9 Å². The highest BCUT2D eigenvalue weighted by molar-refractivity contribution is 14.1. The number of hydrogen-bond donors (Lipinski definition) is 1. The van der Waals surface area contributed by atoms with Gasteiger partial charge in [0.25, 0.3) is 0 Å². The summed E-state index contributed by atoms with van der Waals surface area (Å²) >= 11 is 5.64.